The number of nitrogens with zero attached hydrogens (tertiary/aromatic N) is 2. The fourth-order valence-corrected chi connectivity index (χ4v) is 5.18. The Morgan fingerprint density at radius 2 is 1.96 bits per heavy atom. The lowest BCUT2D eigenvalue weighted by molar-refractivity contribution is -0.132. The Bertz CT molecular complexity index is 798. The van der Waals surface area contributed by atoms with Crippen LogP contribution in [0.3, 0.4) is 0 Å². The van der Waals surface area contributed by atoms with E-state index in [0.29, 0.717) is 6.54 Å². The third kappa shape index (κ3) is 5.31. The molecule has 3 rings (SSSR count). The molecule has 1 saturated heterocycles. The largest absolute Gasteiger partial charge is 0.325 e. The molecule has 1 aliphatic heterocycles. The molecule has 0 N–H and O–H groups in total. The van der Waals surface area contributed by atoms with Crippen LogP contribution in [0.25, 0.3) is 0 Å². The van der Waals surface area contributed by atoms with Crippen LogP contribution in [-0.2, 0) is 11.3 Å². The van der Waals surface area contributed by atoms with E-state index in [9.17, 15) is 4.79 Å². The van der Waals surface area contributed by atoms with E-state index in [1.165, 1.54) is 11.1 Å². The maximum absolute atomic E-state index is 13.2. The van der Waals surface area contributed by atoms with Crippen LogP contribution in [0.4, 0.5) is 0 Å². The molecule has 3 nitrogen and oxygen atoms in total. The summed E-state index contributed by atoms with van der Waals surface area (Å²) in [6, 6.07) is 16.3. The Kier molecular flexibility index (Phi) is 7.83. The van der Waals surface area contributed by atoms with Crippen molar-refractivity contribution in [3.05, 3.63) is 70.2 Å². The van der Waals surface area contributed by atoms with Gasteiger partial charge in [0, 0.05) is 29.4 Å². The standard InChI is InChI=1S/C23H29ClN2OS/c1-3-4-13-25(16-19-10-6-5-9-18(19)2)17-22(27)26-14-15-28-23(26)20-11-7-8-12-21(20)24/h5-12,23H,3-4,13-17H2,1-2H3. The van der Waals surface area contributed by atoms with Crippen LogP contribution < -0.4 is 0 Å². The molecule has 0 aromatic heterocycles. The van der Waals surface area contributed by atoms with Gasteiger partial charge in [0.2, 0.25) is 5.91 Å². The van der Waals surface area contributed by atoms with E-state index in [1.807, 2.05) is 29.2 Å². The zero-order valence-corrected chi connectivity index (χ0v) is 18.3. The van der Waals surface area contributed by atoms with E-state index in [1.54, 1.807) is 11.8 Å². The molecule has 0 aliphatic carbocycles. The Balaban J connectivity index is 1.71. The van der Waals surface area contributed by atoms with Crippen molar-refractivity contribution >= 4 is 29.3 Å². The number of halogens is 1. The summed E-state index contributed by atoms with van der Waals surface area (Å²) in [5, 5.41) is 0.759. The highest BCUT2D eigenvalue weighted by atomic mass is 35.5. The molecule has 0 bridgehead atoms. The topological polar surface area (TPSA) is 23.6 Å². The fraction of sp³-hybridized carbons (Fsp3) is 0.435. The van der Waals surface area contributed by atoms with Gasteiger partial charge in [0.05, 0.1) is 6.54 Å². The molecule has 1 amide bonds. The molecular formula is C23H29ClN2OS. The summed E-state index contributed by atoms with van der Waals surface area (Å²) in [7, 11) is 0. The fourth-order valence-electron chi connectivity index (χ4n) is 3.56. The van der Waals surface area contributed by atoms with Crippen molar-refractivity contribution in [1.29, 1.82) is 0 Å². The van der Waals surface area contributed by atoms with Gasteiger partial charge < -0.3 is 4.90 Å². The molecule has 0 spiro atoms. The highest BCUT2D eigenvalue weighted by molar-refractivity contribution is 7.99. The minimum atomic E-state index is 0.0210. The molecule has 2 aromatic carbocycles. The van der Waals surface area contributed by atoms with Gasteiger partial charge in [-0.2, -0.15) is 0 Å². The second kappa shape index (κ2) is 10.3. The second-order valence-corrected chi connectivity index (χ2v) is 8.92. The average molecular weight is 417 g/mol. The first-order valence-electron chi connectivity index (χ1n) is 10.0. The minimum Gasteiger partial charge on any atom is -0.325 e. The van der Waals surface area contributed by atoms with Crippen LogP contribution in [-0.4, -0.2) is 41.1 Å². The molecule has 1 aliphatic rings. The second-order valence-electron chi connectivity index (χ2n) is 7.32. The molecule has 150 valence electrons. The van der Waals surface area contributed by atoms with Gasteiger partial charge >= 0.3 is 0 Å². The van der Waals surface area contributed by atoms with Crippen LogP contribution in [0.1, 0.15) is 41.8 Å². The first-order valence-corrected chi connectivity index (χ1v) is 11.4. The lowest BCUT2D eigenvalue weighted by Crippen LogP contribution is -2.40. The van der Waals surface area contributed by atoms with E-state index in [-0.39, 0.29) is 11.3 Å². The highest BCUT2D eigenvalue weighted by Gasteiger charge is 2.32. The molecular weight excluding hydrogens is 388 g/mol. The first kappa shape index (κ1) is 21.2. The predicted molar refractivity (Wildman–Crippen MR) is 120 cm³/mol. The smallest absolute Gasteiger partial charge is 0.237 e. The molecule has 0 radical (unpaired) electrons. The minimum absolute atomic E-state index is 0.0210. The van der Waals surface area contributed by atoms with Gasteiger partial charge in [-0.05, 0) is 37.1 Å². The van der Waals surface area contributed by atoms with E-state index in [4.69, 9.17) is 11.6 Å². The monoisotopic (exact) mass is 416 g/mol. The number of unbranched alkanes of at least 4 members (excludes halogenated alkanes) is 1. The van der Waals surface area contributed by atoms with Crippen molar-refractivity contribution in [2.45, 2.75) is 38.6 Å². The molecule has 2 aromatic rings. The number of thioether (sulfide) groups is 1. The third-order valence-corrected chi connectivity index (χ3v) is 6.81. The van der Waals surface area contributed by atoms with Crippen LogP contribution in [0.15, 0.2) is 48.5 Å². The summed E-state index contributed by atoms with van der Waals surface area (Å²) in [6.45, 7) is 7.32. The van der Waals surface area contributed by atoms with Crippen molar-refractivity contribution in [2.75, 3.05) is 25.4 Å². The first-order chi connectivity index (χ1) is 13.6. The quantitative estimate of drug-likeness (QED) is 0.565. The summed E-state index contributed by atoms with van der Waals surface area (Å²) in [6.07, 6.45) is 2.22. The van der Waals surface area contributed by atoms with E-state index < -0.39 is 0 Å². The summed E-state index contributed by atoms with van der Waals surface area (Å²) in [5.74, 6) is 1.15. The van der Waals surface area contributed by atoms with Gasteiger partial charge in [0.1, 0.15) is 5.37 Å². The maximum atomic E-state index is 13.2. The SMILES string of the molecule is CCCCN(CC(=O)N1CCSC1c1ccccc1Cl)Cc1ccccc1C. The average Bonchev–Trinajstić information content (AvgIpc) is 3.18. The lowest BCUT2D eigenvalue weighted by atomic mass is 10.1. The summed E-state index contributed by atoms with van der Waals surface area (Å²) in [4.78, 5) is 17.5. The number of rotatable bonds is 8. The third-order valence-electron chi connectivity index (χ3n) is 5.22. The van der Waals surface area contributed by atoms with Gasteiger partial charge in [-0.25, -0.2) is 0 Å². The number of benzene rings is 2. The predicted octanol–water partition coefficient (Wildman–Crippen LogP) is 5.52. The van der Waals surface area contributed by atoms with Crippen molar-refractivity contribution in [1.82, 2.24) is 9.80 Å². The van der Waals surface area contributed by atoms with Crippen molar-refractivity contribution < 1.29 is 4.79 Å². The van der Waals surface area contributed by atoms with E-state index in [2.05, 4.69) is 43.0 Å². The molecule has 1 atom stereocenters. The van der Waals surface area contributed by atoms with Crippen LogP contribution in [0, 0.1) is 6.92 Å². The maximum Gasteiger partial charge on any atom is 0.237 e. The number of carbonyl (C=O) groups excluding carboxylic acids is 1. The van der Waals surface area contributed by atoms with E-state index >= 15 is 0 Å². The molecule has 28 heavy (non-hydrogen) atoms. The number of carbonyl (C=O) groups is 1. The van der Waals surface area contributed by atoms with Crippen molar-refractivity contribution in [2.24, 2.45) is 0 Å². The van der Waals surface area contributed by atoms with Crippen LogP contribution >= 0.6 is 23.4 Å². The zero-order chi connectivity index (χ0) is 19.9. The van der Waals surface area contributed by atoms with Gasteiger partial charge in [-0.3, -0.25) is 9.69 Å². The number of amides is 1. The van der Waals surface area contributed by atoms with Crippen LogP contribution in [0.5, 0.6) is 0 Å². The normalized spacial score (nSPS) is 16.7. The molecule has 5 heteroatoms. The summed E-state index contributed by atoms with van der Waals surface area (Å²) in [5.41, 5.74) is 3.62. The zero-order valence-electron chi connectivity index (χ0n) is 16.7. The lowest BCUT2D eigenvalue weighted by Gasteiger charge is -2.29. The molecule has 1 unspecified atom stereocenters. The van der Waals surface area contributed by atoms with Crippen LogP contribution in [0.2, 0.25) is 5.02 Å². The Labute approximate surface area is 178 Å². The van der Waals surface area contributed by atoms with Gasteiger partial charge in [-0.1, -0.05) is 67.4 Å². The van der Waals surface area contributed by atoms with Gasteiger partial charge in [0.25, 0.3) is 0 Å². The van der Waals surface area contributed by atoms with E-state index in [0.717, 1.165) is 48.8 Å². The number of aryl methyl sites for hydroxylation is 1. The summed E-state index contributed by atoms with van der Waals surface area (Å²) < 4.78 is 0. The van der Waals surface area contributed by atoms with Crippen molar-refractivity contribution in [3.8, 4) is 0 Å². The Hall–Kier alpha value is -1.49. The molecule has 1 heterocycles. The summed E-state index contributed by atoms with van der Waals surface area (Å²) >= 11 is 8.21. The number of hydrogen-bond donors (Lipinski definition) is 0. The molecule has 0 saturated carbocycles. The Morgan fingerprint density at radius 1 is 1.21 bits per heavy atom. The van der Waals surface area contributed by atoms with Crippen molar-refractivity contribution in [3.63, 3.8) is 0 Å². The highest BCUT2D eigenvalue weighted by Crippen LogP contribution is 2.40. The Morgan fingerprint density at radius 3 is 2.71 bits per heavy atom. The van der Waals surface area contributed by atoms with Gasteiger partial charge in [0.15, 0.2) is 0 Å². The molecule has 1 fully saturated rings. The number of hydrogen-bond acceptors (Lipinski definition) is 3. The van der Waals surface area contributed by atoms with Gasteiger partial charge in [-0.15, -0.1) is 11.8 Å².